The number of hydrogen-bond acceptors (Lipinski definition) is 3. The number of amides is 1. The summed E-state index contributed by atoms with van der Waals surface area (Å²) in [4.78, 5) is 26.0. The Hall–Kier alpha value is -1.78. The Morgan fingerprint density at radius 2 is 2.00 bits per heavy atom. The Bertz CT molecular complexity index is 577. The van der Waals surface area contributed by atoms with E-state index in [0.29, 0.717) is 23.9 Å². The van der Waals surface area contributed by atoms with Crippen LogP contribution in [0.5, 0.6) is 0 Å². The average molecular weight is 291 g/mol. The maximum Gasteiger partial charge on any atom is 0.326 e. The Morgan fingerprint density at radius 3 is 2.62 bits per heavy atom. The molecule has 1 aliphatic heterocycles. The summed E-state index contributed by atoms with van der Waals surface area (Å²) in [5.41, 5.74) is 0.779. The lowest BCUT2D eigenvalue weighted by atomic mass is 9.84. The summed E-state index contributed by atoms with van der Waals surface area (Å²) < 4.78 is 5.51. The van der Waals surface area contributed by atoms with Crippen LogP contribution in [0.1, 0.15) is 54.0 Å². The van der Waals surface area contributed by atoms with Gasteiger partial charge in [0, 0.05) is 11.6 Å². The highest BCUT2D eigenvalue weighted by atomic mass is 16.4. The van der Waals surface area contributed by atoms with Crippen LogP contribution in [-0.4, -0.2) is 34.0 Å². The number of nitrogens with zero attached hydrogens (tertiary/aromatic N) is 1. The van der Waals surface area contributed by atoms with Gasteiger partial charge in [0.15, 0.2) is 5.76 Å². The number of carbonyl (C=O) groups excluding carboxylic acids is 1. The lowest BCUT2D eigenvalue weighted by Crippen LogP contribution is -2.46. The van der Waals surface area contributed by atoms with Gasteiger partial charge in [0.05, 0.1) is 0 Å². The molecule has 1 saturated heterocycles. The maximum absolute atomic E-state index is 12.8. The lowest BCUT2D eigenvalue weighted by Gasteiger charge is -2.32. The van der Waals surface area contributed by atoms with E-state index in [1.807, 2.05) is 13.0 Å². The molecule has 5 heteroatoms. The standard InChI is InChI=1S/C16H21NO4/c1-9-7-10(2)21-14(9)15(18)17-12-6-4-3-5-11(12)8-13(17)16(19)20/h7,11-13H,3-6,8H2,1-2H3,(H,19,20)/t11-,12+,13-/m0/s1. The number of aryl methyl sites for hydroxylation is 2. The highest BCUT2D eigenvalue weighted by Crippen LogP contribution is 2.40. The number of hydrogen-bond donors (Lipinski definition) is 1. The Morgan fingerprint density at radius 1 is 1.29 bits per heavy atom. The van der Waals surface area contributed by atoms with Gasteiger partial charge in [-0.05, 0) is 45.1 Å². The smallest absolute Gasteiger partial charge is 0.326 e. The van der Waals surface area contributed by atoms with Crippen molar-refractivity contribution in [1.29, 1.82) is 0 Å². The number of carboxylic acids is 1. The van der Waals surface area contributed by atoms with Crippen LogP contribution in [0.4, 0.5) is 0 Å². The zero-order chi connectivity index (χ0) is 15.1. The van der Waals surface area contributed by atoms with Crippen molar-refractivity contribution >= 4 is 11.9 Å². The van der Waals surface area contributed by atoms with Crippen LogP contribution in [-0.2, 0) is 4.79 Å². The number of carboxylic acid groups (broad SMARTS) is 1. The molecule has 2 fully saturated rings. The second-order valence-corrected chi connectivity index (χ2v) is 6.28. The zero-order valence-electron chi connectivity index (χ0n) is 12.5. The summed E-state index contributed by atoms with van der Waals surface area (Å²) in [6.45, 7) is 3.62. The highest BCUT2D eigenvalue weighted by molar-refractivity contribution is 5.96. The molecular formula is C16H21NO4. The molecule has 0 radical (unpaired) electrons. The van der Waals surface area contributed by atoms with Crippen molar-refractivity contribution < 1.29 is 19.1 Å². The lowest BCUT2D eigenvalue weighted by molar-refractivity contribution is -0.141. The van der Waals surface area contributed by atoms with Crippen LogP contribution in [0, 0.1) is 19.8 Å². The molecule has 114 valence electrons. The van der Waals surface area contributed by atoms with E-state index in [9.17, 15) is 14.7 Å². The molecule has 0 unspecified atom stereocenters. The van der Waals surface area contributed by atoms with E-state index in [0.717, 1.165) is 31.2 Å². The first-order valence-electron chi connectivity index (χ1n) is 7.61. The molecule has 3 rings (SSSR count). The summed E-state index contributed by atoms with van der Waals surface area (Å²) >= 11 is 0. The molecule has 21 heavy (non-hydrogen) atoms. The van der Waals surface area contributed by atoms with E-state index < -0.39 is 12.0 Å². The normalized spacial score (nSPS) is 28.5. The molecule has 1 amide bonds. The number of likely N-dealkylation sites (tertiary alicyclic amines) is 1. The number of carbonyl (C=O) groups is 2. The van der Waals surface area contributed by atoms with Crippen molar-refractivity contribution in [3.63, 3.8) is 0 Å². The van der Waals surface area contributed by atoms with E-state index in [4.69, 9.17) is 4.42 Å². The van der Waals surface area contributed by atoms with Gasteiger partial charge in [0.2, 0.25) is 0 Å². The molecule has 1 aromatic heterocycles. The van der Waals surface area contributed by atoms with Gasteiger partial charge < -0.3 is 14.4 Å². The third-order valence-electron chi connectivity index (χ3n) is 4.84. The Labute approximate surface area is 123 Å². The quantitative estimate of drug-likeness (QED) is 0.909. The molecule has 2 aliphatic rings. The molecule has 1 saturated carbocycles. The fraction of sp³-hybridized carbons (Fsp3) is 0.625. The van der Waals surface area contributed by atoms with E-state index in [1.165, 1.54) is 0 Å². The van der Waals surface area contributed by atoms with E-state index in [1.54, 1.807) is 11.8 Å². The minimum Gasteiger partial charge on any atom is -0.480 e. The van der Waals surface area contributed by atoms with Crippen LogP contribution < -0.4 is 0 Å². The van der Waals surface area contributed by atoms with Crippen molar-refractivity contribution in [2.75, 3.05) is 0 Å². The zero-order valence-corrected chi connectivity index (χ0v) is 12.5. The third-order valence-corrected chi connectivity index (χ3v) is 4.84. The summed E-state index contributed by atoms with van der Waals surface area (Å²) in [6, 6.07) is 1.16. The maximum atomic E-state index is 12.8. The number of aliphatic carboxylic acids is 1. The van der Waals surface area contributed by atoms with Gasteiger partial charge >= 0.3 is 5.97 Å². The molecular weight excluding hydrogens is 270 g/mol. The fourth-order valence-electron chi connectivity index (χ4n) is 3.94. The number of furan rings is 1. The topological polar surface area (TPSA) is 70.8 Å². The number of fused-ring (bicyclic) bond motifs is 1. The Balaban J connectivity index is 1.94. The fourth-order valence-corrected chi connectivity index (χ4v) is 3.94. The SMILES string of the molecule is Cc1cc(C)c(C(=O)N2[C@@H]3CCCC[C@H]3C[C@H]2C(=O)O)o1. The molecule has 5 nitrogen and oxygen atoms in total. The Kier molecular flexibility index (Phi) is 3.51. The summed E-state index contributed by atoms with van der Waals surface area (Å²) in [5.74, 6) is 0.133. The van der Waals surface area contributed by atoms with Gasteiger partial charge in [-0.3, -0.25) is 4.79 Å². The van der Waals surface area contributed by atoms with Crippen molar-refractivity contribution in [2.45, 2.75) is 58.0 Å². The molecule has 1 aliphatic carbocycles. The van der Waals surface area contributed by atoms with Crippen LogP contribution in [0.2, 0.25) is 0 Å². The predicted octanol–water partition coefficient (Wildman–Crippen LogP) is 2.75. The van der Waals surface area contributed by atoms with E-state index >= 15 is 0 Å². The second-order valence-electron chi connectivity index (χ2n) is 6.28. The van der Waals surface area contributed by atoms with Crippen LogP contribution in [0.3, 0.4) is 0 Å². The summed E-state index contributed by atoms with van der Waals surface area (Å²) in [5, 5.41) is 9.48. The molecule has 0 spiro atoms. The molecule has 0 bridgehead atoms. The predicted molar refractivity (Wildman–Crippen MR) is 76.1 cm³/mol. The molecule has 3 atom stereocenters. The van der Waals surface area contributed by atoms with Gasteiger partial charge in [0.1, 0.15) is 11.8 Å². The molecule has 2 heterocycles. The largest absolute Gasteiger partial charge is 0.480 e. The monoisotopic (exact) mass is 291 g/mol. The second kappa shape index (κ2) is 5.20. The third kappa shape index (κ3) is 2.34. The molecule has 1 aromatic rings. The number of rotatable bonds is 2. The summed E-state index contributed by atoms with van der Waals surface area (Å²) in [7, 11) is 0. The van der Waals surface area contributed by atoms with Crippen molar-refractivity contribution in [3.05, 3.63) is 23.2 Å². The first-order valence-corrected chi connectivity index (χ1v) is 7.61. The van der Waals surface area contributed by atoms with Crippen LogP contribution >= 0.6 is 0 Å². The molecule has 0 aromatic carbocycles. The van der Waals surface area contributed by atoms with Crippen molar-refractivity contribution in [2.24, 2.45) is 5.92 Å². The van der Waals surface area contributed by atoms with E-state index in [2.05, 4.69) is 0 Å². The minimum absolute atomic E-state index is 0.0529. The van der Waals surface area contributed by atoms with Gasteiger partial charge in [-0.1, -0.05) is 12.8 Å². The average Bonchev–Trinajstić information content (AvgIpc) is 2.98. The van der Waals surface area contributed by atoms with Gasteiger partial charge in [-0.15, -0.1) is 0 Å². The van der Waals surface area contributed by atoms with E-state index in [-0.39, 0.29) is 11.9 Å². The summed E-state index contributed by atoms with van der Waals surface area (Å²) in [6.07, 6.45) is 4.69. The van der Waals surface area contributed by atoms with Gasteiger partial charge in [-0.25, -0.2) is 4.79 Å². The molecule has 1 N–H and O–H groups in total. The first kappa shape index (κ1) is 14.2. The van der Waals surface area contributed by atoms with Crippen LogP contribution in [0.25, 0.3) is 0 Å². The van der Waals surface area contributed by atoms with Crippen molar-refractivity contribution in [3.8, 4) is 0 Å². The first-order chi connectivity index (χ1) is 9.99. The van der Waals surface area contributed by atoms with Gasteiger partial charge in [0.25, 0.3) is 5.91 Å². The van der Waals surface area contributed by atoms with Gasteiger partial charge in [-0.2, -0.15) is 0 Å². The minimum atomic E-state index is -0.904. The van der Waals surface area contributed by atoms with Crippen LogP contribution in [0.15, 0.2) is 10.5 Å². The highest BCUT2D eigenvalue weighted by Gasteiger charge is 2.48. The van der Waals surface area contributed by atoms with Crippen molar-refractivity contribution in [1.82, 2.24) is 4.90 Å².